The van der Waals surface area contributed by atoms with Crippen molar-refractivity contribution in [1.82, 2.24) is 10.2 Å². The zero-order valence-electron chi connectivity index (χ0n) is 18.6. The van der Waals surface area contributed by atoms with E-state index in [1.165, 1.54) is 0 Å². The number of nitrogens with one attached hydrogen (secondary N) is 1. The highest BCUT2D eigenvalue weighted by atomic mass is 127. The van der Waals surface area contributed by atoms with Gasteiger partial charge < -0.3 is 19.7 Å². The van der Waals surface area contributed by atoms with Gasteiger partial charge in [-0.05, 0) is 51.3 Å². The number of amides is 1. The lowest BCUT2D eigenvalue weighted by Gasteiger charge is -2.41. The fraction of sp³-hybridized carbons (Fsp3) is 0.500. The van der Waals surface area contributed by atoms with Crippen LogP contribution < -0.4 is 5.32 Å². The maximum absolute atomic E-state index is 12.9. The molecule has 170 valence electrons. The predicted octanol–water partition coefficient (Wildman–Crippen LogP) is 5.18. The number of carbonyl (C=O) groups excluding carboxylic acids is 2. The summed E-state index contributed by atoms with van der Waals surface area (Å²) in [7, 11) is 0. The van der Waals surface area contributed by atoms with Gasteiger partial charge in [0, 0.05) is 10.6 Å². The monoisotopic (exact) mass is 540 g/mol. The van der Waals surface area contributed by atoms with Crippen LogP contribution in [0.3, 0.4) is 0 Å². The molecule has 0 unspecified atom stereocenters. The lowest BCUT2D eigenvalue weighted by Crippen LogP contribution is -2.52. The van der Waals surface area contributed by atoms with Crippen LogP contribution in [0.5, 0.6) is 0 Å². The fourth-order valence-corrected chi connectivity index (χ4v) is 4.53. The van der Waals surface area contributed by atoms with Gasteiger partial charge in [0.1, 0.15) is 0 Å². The van der Waals surface area contributed by atoms with E-state index in [-0.39, 0.29) is 18.1 Å². The van der Waals surface area contributed by atoms with Crippen molar-refractivity contribution in [2.24, 2.45) is 0 Å². The maximum atomic E-state index is 12.9. The third kappa shape index (κ3) is 6.98. The number of rotatable bonds is 8. The number of carbonyl (C=O) groups is 2. The summed E-state index contributed by atoms with van der Waals surface area (Å²) in [4.78, 5) is 27.2. The number of alkyl carbamates (subject to hydrolysis) is 1. The van der Waals surface area contributed by atoms with E-state index < -0.39 is 6.09 Å². The predicted molar refractivity (Wildman–Crippen MR) is 132 cm³/mol. The van der Waals surface area contributed by atoms with E-state index in [1.54, 1.807) is 6.92 Å². The Labute approximate surface area is 199 Å². The molecule has 0 bridgehead atoms. The molecule has 7 heteroatoms. The van der Waals surface area contributed by atoms with Crippen LogP contribution in [0.15, 0.2) is 59.5 Å². The van der Waals surface area contributed by atoms with Crippen molar-refractivity contribution in [3.05, 3.63) is 59.5 Å². The molecule has 2 rings (SSSR count). The highest BCUT2D eigenvalue weighted by molar-refractivity contribution is 14.1. The van der Waals surface area contributed by atoms with Crippen LogP contribution in [-0.2, 0) is 14.3 Å². The van der Waals surface area contributed by atoms with Crippen molar-refractivity contribution in [3.63, 3.8) is 0 Å². The van der Waals surface area contributed by atoms with Gasteiger partial charge in [0.25, 0.3) is 0 Å². The largest absolute Gasteiger partial charge is 0.462 e. The van der Waals surface area contributed by atoms with Gasteiger partial charge in [-0.15, -0.1) is 0 Å². The molecule has 0 saturated heterocycles. The van der Waals surface area contributed by atoms with Crippen LogP contribution in [0.25, 0.3) is 0 Å². The molecule has 1 aliphatic carbocycles. The van der Waals surface area contributed by atoms with Crippen molar-refractivity contribution >= 4 is 34.7 Å². The second-order valence-electron chi connectivity index (χ2n) is 7.27. The molecule has 0 aromatic carbocycles. The first-order valence-electron chi connectivity index (χ1n) is 10.9. The summed E-state index contributed by atoms with van der Waals surface area (Å²) in [5, 5.41) is 3.05. The minimum absolute atomic E-state index is 0.00527. The van der Waals surface area contributed by atoms with E-state index in [2.05, 4.69) is 32.8 Å². The molecule has 1 aliphatic heterocycles. The topological polar surface area (TPSA) is 67.9 Å². The molecule has 0 radical (unpaired) electrons. The quantitative estimate of drug-likeness (QED) is 0.199. The van der Waals surface area contributed by atoms with Crippen molar-refractivity contribution in [2.45, 2.75) is 58.5 Å². The van der Waals surface area contributed by atoms with Crippen LogP contribution in [0.4, 0.5) is 4.79 Å². The average Bonchev–Trinajstić information content (AvgIpc) is 2.98. The van der Waals surface area contributed by atoms with Gasteiger partial charge in [0.2, 0.25) is 0 Å². The SMILES string of the molecule is C/C=C\C=C(/CI)C1=C(C(=O)OCC)C=CC=CN1[C@H]1CCCC[C@@H]1NC(=O)OCC. The Balaban J connectivity index is 2.55. The van der Waals surface area contributed by atoms with Crippen molar-refractivity contribution in [1.29, 1.82) is 0 Å². The number of hydrogen-bond donors (Lipinski definition) is 1. The second-order valence-corrected chi connectivity index (χ2v) is 8.03. The van der Waals surface area contributed by atoms with Crippen LogP contribution >= 0.6 is 22.6 Å². The lowest BCUT2D eigenvalue weighted by molar-refractivity contribution is -0.138. The normalized spacial score (nSPS) is 21.9. The molecule has 31 heavy (non-hydrogen) atoms. The van der Waals surface area contributed by atoms with Gasteiger partial charge in [-0.2, -0.15) is 0 Å². The summed E-state index contributed by atoms with van der Waals surface area (Å²) in [5.74, 6) is -0.343. The Kier molecular flexibility index (Phi) is 10.9. The molecular formula is C24H33IN2O4. The molecule has 1 N–H and O–H groups in total. The number of esters is 1. The highest BCUT2D eigenvalue weighted by Crippen LogP contribution is 2.33. The molecule has 2 aliphatic rings. The number of nitrogens with zero attached hydrogens (tertiary/aromatic N) is 1. The number of alkyl halides is 1. The van der Waals surface area contributed by atoms with Gasteiger partial charge in [-0.3, -0.25) is 0 Å². The molecule has 1 fully saturated rings. The number of halogens is 1. The van der Waals surface area contributed by atoms with E-state index in [4.69, 9.17) is 9.47 Å². The third-order valence-corrected chi connectivity index (χ3v) is 6.05. The first-order valence-corrected chi connectivity index (χ1v) is 12.5. The molecule has 1 amide bonds. The summed E-state index contributed by atoms with van der Waals surface area (Å²) in [6.45, 7) is 6.22. The molecule has 6 nitrogen and oxygen atoms in total. The summed E-state index contributed by atoms with van der Waals surface area (Å²) < 4.78 is 11.2. The van der Waals surface area contributed by atoms with Crippen LogP contribution in [-0.4, -0.2) is 46.7 Å². The number of hydrogen-bond acceptors (Lipinski definition) is 5. The minimum atomic E-state index is -0.397. The van der Waals surface area contributed by atoms with Crippen molar-refractivity contribution in [3.8, 4) is 0 Å². The number of ether oxygens (including phenoxy) is 2. The highest BCUT2D eigenvalue weighted by Gasteiger charge is 2.35. The first-order chi connectivity index (χ1) is 15.1. The zero-order valence-corrected chi connectivity index (χ0v) is 20.8. The first kappa shape index (κ1) is 25.2. The van der Waals surface area contributed by atoms with Crippen LogP contribution in [0.2, 0.25) is 0 Å². The Morgan fingerprint density at radius 2 is 1.94 bits per heavy atom. The van der Waals surface area contributed by atoms with Crippen molar-refractivity contribution in [2.75, 3.05) is 17.6 Å². The lowest BCUT2D eigenvalue weighted by atomic mass is 9.88. The summed E-state index contributed by atoms with van der Waals surface area (Å²) in [5.41, 5.74) is 2.39. The molecule has 0 spiro atoms. The van der Waals surface area contributed by atoms with E-state index in [0.717, 1.165) is 41.4 Å². The standard InChI is InChI=1S/C24H33IN2O4/c1-4-7-12-18(17-25)22-19(23(28)30-5-2)13-10-11-16-27(22)21-15-9-8-14-20(21)26-24(29)31-6-3/h4,7,10-13,16,20-21H,5-6,8-9,14-15,17H2,1-3H3,(H,26,29)/b7-4-,18-12+/t20-,21-/m0/s1. The molecule has 1 heterocycles. The summed E-state index contributed by atoms with van der Waals surface area (Å²) >= 11 is 2.32. The number of allylic oxidation sites excluding steroid dienone is 6. The van der Waals surface area contributed by atoms with Crippen LogP contribution in [0, 0.1) is 0 Å². The third-order valence-electron chi connectivity index (χ3n) is 5.23. The van der Waals surface area contributed by atoms with Crippen molar-refractivity contribution < 1.29 is 19.1 Å². The van der Waals surface area contributed by atoms with Gasteiger partial charge in [-0.25, -0.2) is 9.59 Å². The van der Waals surface area contributed by atoms with Crippen LogP contribution in [0.1, 0.15) is 46.5 Å². The van der Waals surface area contributed by atoms with Gasteiger partial charge >= 0.3 is 12.1 Å². The van der Waals surface area contributed by atoms with Gasteiger partial charge in [0.15, 0.2) is 0 Å². The molecule has 2 atom stereocenters. The smallest absolute Gasteiger partial charge is 0.407 e. The Bertz CT molecular complexity index is 782. The van der Waals surface area contributed by atoms with Gasteiger partial charge in [-0.1, -0.05) is 59.7 Å². The van der Waals surface area contributed by atoms with E-state index in [1.807, 2.05) is 56.5 Å². The second kappa shape index (κ2) is 13.4. The Morgan fingerprint density at radius 1 is 1.19 bits per heavy atom. The Hall–Kier alpha value is -2.03. The summed E-state index contributed by atoms with van der Waals surface area (Å²) in [6.07, 6.45) is 17.1. The maximum Gasteiger partial charge on any atom is 0.407 e. The zero-order chi connectivity index (χ0) is 22.6. The molecule has 0 aromatic heterocycles. The average molecular weight is 540 g/mol. The Morgan fingerprint density at radius 3 is 2.61 bits per heavy atom. The minimum Gasteiger partial charge on any atom is -0.462 e. The molecular weight excluding hydrogens is 507 g/mol. The van der Waals surface area contributed by atoms with E-state index in [9.17, 15) is 9.59 Å². The molecule has 0 aromatic rings. The van der Waals surface area contributed by atoms with Gasteiger partial charge in [0.05, 0.1) is 36.6 Å². The fourth-order valence-electron chi connectivity index (χ4n) is 3.91. The van der Waals surface area contributed by atoms with E-state index >= 15 is 0 Å². The summed E-state index contributed by atoms with van der Waals surface area (Å²) in [6, 6.07) is -0.0723. The molecule has 1 saturated carbocycles. The van der Waals surface area contributed by atoms with E-state index in [0.29, 0.717) is 18.8 Å².